The van der Waals surface area contributed by atoms with Crippen LogP contribution in [0, 0.1) is 0 Å². The largest absolute Gasteiger partial charge is 0.409 e. The van der Waals surface area contributed by atoms with Crippen molar-refractivity contribution in [2.75, 3.05) is 13.1 Å². The van der Waals surface area contributed by atoms with Crippen molar-refractivity contribution in [1.29, 1.82) is 0 Å². The number of hydrogen-bond donors (Lipinski definition) is 1. The minimum Gasteiger partial charge on any atom is -0.362 e. The standard InChI is InChI=1S/C22H19Cl2F3N4O2S/c23-17-6-14(7-18(24)29-17)21(22(25,26)27)8-15(30-34-21)3-1-12-2-4-16-13(5-12)9-33-20(16)10-31(11-20)19(28)32/h2,4-7H,1,3,8-11H2,(H2,28,32). The number of nitrogens with zero attached hydrogens (tertiary/aromatic N) is 3. The fourth-order valence-electron chi connectivity index (χ4n) is 4.73. The van der Waals surface area contributed by atoms with Crippen LogP contribution in [0.3, 0.4) is 0 Å². The zero-order valence-electron chi connectivity index (χ0n) is 17.7. The number of benzene rings is 1. The normalized spacial score (nSPS) is 23.1. The first kappa shape index (κ1) is 23.7. The summed E-state index contributed by atoms with van der Waals surface area (Å²) >= 11 is 12.3. The van der Waals surface area contributed by atoms with Crippen LogP contribution in [0.15, 0.2) is 34.7 Å². The minimum atomic E-state index is -4.56. The Morgan fingerprint density at radius 3 is 2.53 bits per heavy atom. The summed E-state index contributed by atoms with van der Waals surface area (Å²) in [6.45, 7) is 1.27. The highest BCUT2D eigenvalue weighted by molar-refractivity contribution is 7.99. The molecule has 4 heterocycles. The third-order valence-electron chi connectivity index (χ3n) is 6.54. The molecule has 2 amide bonds. The smallest absolute Gasteiger partial charge is 0.362 e. The lowest BCUT2D eigenvalue weighted by molar-refractivity contribution is -0.159. The van der Waals surface area contributed by atoms with E-state index in [1.54, 1.807) is 0 Å². The van der Waals surface area contributed by atoms with Crippen LogP contribution in [0.2, 0.25) is 10.3 Å². The monoisotopic (exact) mass is 530 g/mol. The number of nitrogens with two attached hydrogens (primary N) is 1. The maximum absolute atomic E-state index is 14.2. The third kappa shape index (κ3) is 3.94. The number of aromatic nitrogens is 1. The molecule has 0 aliphatic carbocycles. The van der Waals surface area contributed by atoms with Crippen molar-refractivity contribution in [3.8, 4) is 0 Å². The Balaban J connectivity index is 1.28. The van der Waals surface area contributed by atoms with Gasteiger partial charge in [-0.3, -0.25) is 0 Å². The molecule has 1 aromatic carbocycles. The fraction of sp³-hybridized carbons (Fsp3) is 0.409. The van der Waals surface area contributed by atoms with Gasteiger partial charge in [-0.05, 0) is 59.2 Å². The lowest BCUT2D eigenvalue weighted by Gasteiger charge is -2.46. The highest BCUT2D eigenvalue weighted by Crippen LogP contribution is 2.56. The summed E-state index contributed by atoms with van der Waals surface area (Å²) in [5, 5.41) is -0.188. The second-order valence-electron chi connectivity index (χ2n) is 8.72. The first-order valence-corrected chi connectivity index (χ1v) is 12.0. The SMILES string of the molecule is NC(=O)N1CC2(C1)OCc1cc(CCC3=NSC(c4cc(Cl)nc(Cl)c4)(C(F)(F)F)C3)ccc12. The highest BCUT2D eigenvalue weighted by atomic mass is 35.5. The molecule has 3 aliphatic heterocycles. The molecule has 34 heavy (non-hydrogen) atoms. The molecule has 1 unspecified atom stereocenters. The second-order valence-corrected chi connectivity index (χ2v) is 10.6. The molecule has 5 rings (SSSR count). The van der Waals surface area contributed by atoms with Gasteiger partial charge < -0.3 is 15.4 Å². The Kier molecular flexibility index (Phi) is 5.78. The van der Waals surface area contributed by atoms with Crippen LogP contribution in [-0.2, 0) is 28.1 Å². The minimum absolute atomic E-state index is 0.0563. The molecule has 2 aromatic rings. The number of pyridine rings is 1. The number of rotatable bonds is 4. The number of carbonyl (C=O) groups is 1. The van der Waals surface area contributed by atoms with Gasteiger partial charge in [0.1, 0.15) is 15.9 Å². The molecule has 3 aliphatic rings. The van der Waals surface area contributed by atoms with E-state index < -0.39 is 22.6 Å². The van der Waals surface area contributed by atoms with Gasteiger partial charge in [-0.2, -0.15) is 13.2 Å². The molecule has 1 saturated heterocycles. The quantitative estimate of drug-likeness (QED) is 0.424. The average molecular weight is 531 g/mol. The zero-order chi connectivity index (χ0) is 24.3. The first-order valence-electron chi connectivity index (χ1n) is 10.5. The van der Waals surface area contributed by atoms with E-state index in [9.17, 15) is 18.0 Å². The predicted molar refractivity (Wildman–Crippen MR) is 124 cm³/mol. The highest BCUT2D eigenvalue weighted by Gasteiger charge is 2.60. The van der Waals surface area contributed by atoms with Crippen molar-refractivity contribution in [3.05, 3.63) is 62.9 Å². The van der Waals surface area contributed by atoms with E-state index >= 15 is 0 Å². The molecule has 1 fully saturated rings. The predicted octanol–water partition coefficient (Wildman–Crippen LogP) is 5.39. The van der Waals surface area contributed by atoms with Gasteiger partial charge in [0, 0.05) is 12.1 Å². The number of amides is 2. The molecule has 2 N–H and O–H groups in total. The average Bonchev–Trinajstić information content (AvgIpc) is 3.32. The van der Waals surface area contributed by atoms with Crippen molar-refractivity contribution < 1.29 is 22.7 Å². The Morgan fingerprint density at radius 1 is 1.18 bits per heavy atom. The number of hydrogen-bond acceptors (Lipinski definition) is 5. The molecule has 1 spiro atoms. The number of alkyl halides is 3. The van der Waals surface area contributed by atoms with E-state index in [0.29, 0.717) is 50.2 Å². The molecular weight excluding hydrogens is 512 g/mol. The molecule has 0 bridgehead atoms. The Bertz CT molecular complexity index is 1180. The summed E-state index contributed by atoms with van der Waals surface area (Å²) in [6, 6.07) is 7.86. The molecule has 1 aromatic heterocycles. The van der Waals surface area contributed by atoms with Gasteiger partial charge in [0.25, 0.3) is 0 Å². The molecule has 0 saturated carbocycles. The van der Waals surface area contributed by atoms with Crippen LogP contribution in [0.5, 0.6) is 0 Å². The van der Waals surface area contributed by atoms with Gasteiger partial charge >= 0.3 is 12.2 Å². The Hall–Kier alpha value is -2.01. The summed E-state index contributed by atoms with van der Waals surface area (Å²) in [7, 11) is 0. The number of likely N-dealkylation sites (tertiary alicyclic amines) is 1. The van der Waals surface area contributed by atoms with Crippen molar-refractivity contribution in [2.24, 2.45) is 10.1 Å². The van der Waals surface area contributed by atoms with E-state index in [4.69, 9.17) is 33.7 Å². The maximum Gasteiger partial charge on any atom is 0.409 e. The summed E-state index contributed by atoms with van der Waals surface area (Å²) in [6.07, 6.45) is -3.91. The molecule has 12 heteroatoms. The summed E-state index contributed by atoms with van der Waals surface area (Å²) in [4.78, 5) is 16.6. The van der Waals surface area contributed by atoms with Crippen LogP contribution in [-0.4, -0.2) is 40.9 Å². The first-order chi connectivity index (χ1) is 16.0. The number of urea groups is 1. The maximum atomic E-state index is 14.2. The summed E-state index contributed by atoms with van der Waals surface area (Å²) in [5.41, 5.74) is 8.27. The lowest BCUT2D eigenvalue weighted by Crippen LogP contribution is -2.62. The number of ether oxygens (including phenoxy) is 1. The lowest BCUT2D eigenvalue weighted by atomic mass is 9.84. The molecule has 1 atom stereocenters. The number of primary amides is 1. The number of carbonyl (C=O) groups excluding carboxylic acids is 1. The second kappa shape index (κ2) is 8.29. The van der Waals surface area contributed by atoms with E-state index in [-0.39, 0.29) is 22.3 Å². The van der Waals surface area contributed by atoms with E-state index in [1.807, 2.05) is 18.2 Å². The Labute approximate surface area is 207 Å². The van der Waals surface area contributed by atoms with Crippen molar-refractivity contribution in [1.82, 2.24) is 9.88 Å². The van der Waals surface area contributed by atoms with E-state index in [1.165, 1.54) is 17.0 Å². The van der Waals surface area contributed by atoms with Gasteiger partial charge in [-0.25, -0.2) is 14.2 Å². The molecule has 6 nitrogen and oxygen atoms in total. The Morgan fingerprint density at radius 2 is 1.88 bits per heavy atom. The summed E-state index contributed by atoms with van der Waals surface area (Å²) in [5.74, 6) is 0. The molecule has 0 radical (unpaired) electrons. The number of fused-ring (bicyclic) bond motifs is 2. The van der Waals surface area contributed by atoms with Gasteiger partial charge in [-0.15, -0.1) is 0 Å². The van der Waals surface area contributed by atoms with Crippen LogP contribution in [0.1, 0.15) is 35.1 Å². The van der Waals surface area contributed by atoms with Crippen LogP contribution in [0.25, 0.3) is 0 Å². The fourth-order valence-corrected chi connectivity index (χ4v) is 6.19. The number of halogens is 5. The van der Waals surface area contributed by atoms with Crippen LogP contribution < -0.4 is 5.73 Å². The molecule has 180 valence electrons. The van der Waals surface area contributed by atoms with Crippen molar-refractivity contribution in [2.45, 2.75) is 42.4 Å². The zero-order valence-corrected chi connectivity index (χ0v) is 20.0. The molecular formula is C22H19Cl2F3N4O2S. The van der Waals surface area contributed by atoms with Gasteiger partial charge in [0.2, 0.25) is 0 Å². The van der Waals surface area contributed by atoms with Crippen LogP contribution >= 0.6 is 35.1 Å². The third-order valence-corrected chi connectivity index (χ3v) is 8.20. The van der Waals surface area contributed by atoms with Gasteiger partial charge in [0.15, 0.2) is 4.75 Å². The van der Waals surface area contributed by atoms with E-state index in [0.717, 1.165) is 16.7 Å². The van der Waals surface area contributed by atoms with Gasteiger partial charge in [0.05, 0.1) is 19.7 Å². The van der Waals surface area contributed by atoms with Gasteiger partial charge in [-0.1, -0.05) is 41.4 Å². The van der Waals surface area contributed by atoms with E-state index in [2.05, 4.69) is 9.38 Å². The van der Waals surface area contributed by atoms with Crippen molar-refractivity contribution >= 4 is 46.9 Å². The van der Waals surface area contributed by atoms with Crippen molar-refractivity contribution in [3.63, 3.8) is 0 Å². The van der Waals surface area contributed by atoms with Crippen LogP contribution in [0.4, 0.5) is 18.0 Å². The summed E-state index contributed by atoms with van der Waals surface area (Å²) < 4.78 is 50.5. The number of aryl methyl sites for hydroxylation is 1. The topological polar surface area (TPSA) is 80.8 Å².